The molecule has 94 valence electrons. The normalized spacial score (nSPS) is 13.8. The summed E-state index contributed by atoms with van der Waals surface area (Å²) in [7, 11) is 0. The van der Waals surface area contributed by atoms with Crippen LogP contribution in [0.4, 0.5) is 5.69 Å². The van der Waals surface area contributed by atoms with E-state index in [4.69, 9.17) is 12.2 Å². The van der Waals surface area contributed by atoms with Gasteiger partial charge in [0.2, 0.25) is 0 Å². The van der Waals surface area contributed by atoms with E-state index in [1.165, 1.54) is 6.20 Å². The minimum Gasteiger partial charge on any atom is -0.337 e. The number of rotatable bonds is 1. The maximum Gasteiger partial charge on any atom is 0.276 e. The molecular formula is C12H7N3O3S. The van der Waals surface area contributed by atoms with E-state index < -0.39 is 17.4 Å². The molecule has 0 spiro atoms. The van der Waals surface area contributed by atoms with E-state index in [9.17, 15) is 14.4 Å². The summed E-state index contributed by atoms with van der Waals surface area (Å²) in [5.74, 6) is -1.03. The van der Waals surface area contributed by atoms with Crippen molar-refractivity contribution in [2.75, 3.05) is 4.90 Å². The van der Waals surface area contributed by atoms with E-state index in [0.29, 0.717) is 0 Å². The second-order valence-electron chi connectivity index (χ2n) is 3.95. The zero-order valence-electron chi connectivity index (χ0n) is 9.47. The Morgan fingerprint density at radius 1 is 1.00 bits per heavy atom. The van der Waals surface area contributed by atoms with Crippen molar-refractivity contribution < 1.29 is 9.59 Å². The third-order valence-electron chi connectivity index (χ3n) is 2.83. The molecule has 0 unspecified atom stereocenters. The summed E-state index contributed by atoms with van der Waals surface area (Å²) < 4.78 is 0.130. The molecule has 0 saturated heterocycles. The van der Waals surface area contributed by atoms with E-state index in [1.807, 2.05) is 0 Å². The SMILES string of the molecule is O=C1c2ccccc2C(=O)N1c1c[nH]c(=S)[nH]c1=O. The van der Waals surface area contributed by atoms with Gasteiger partial charge in [0.05, 0.1) is 11.1 Å². The third kappa shape index (κ3) is 1.63. The molecule has 0 radical (unpaired) electrons. The second kappa shape index (κ2) is 3.99. The van der Waals surface area contributed by atoms with Gasteiger partial charge in [-0.2, -0.15) is 0 Å². The molecule has 2 aromatic rings. The van der Waals surface area contributed by atoms with Crippen molar-refractivity contribution in [3.8, 4) is 0 Å². The Labute approximate surface area is 111 Å². The predicted molar refractivity (Wildman–Crippen MR) is 69.8 cm³/mol. The van der Waals surface area contributed by atoms with Gasteiger partial charge in [0, 0.05) is 6.20 Å². The summed E-state index contributed by atoms with van der Waals surface area (Å²) in [5, 5.41) is 0. The maximum absolute atomic E-state index is 12.2. The van der Waals surface area contributed by atoms with Crippen LogP contribution in [0, 0.1) is 4.77 Å². The van der Waals surface area contributed by atoms with E-state index in [1.54, 1.807) is 24.3 Å². The molecule has 0 aliphatic carbocycles. The van der Waals surface area contributed by atoms with Gasteiger partial charge in [0.25, 0.3) is 17.4 Å². The van der Waals surface area contributed by atoms with Crippen LogP contribution in [-0.2, 0) is 0 Å². The number of H-pyrrole nitrogens is 2. The first-order chi connectivity index (χ1) is 9.09. The molecule has 3 rings (SSSR count). The molecule has 1 aliphatic rings. The van der Waals surface area contributed by atoms with Gasteiger partial charge in [-0.05, 0) is 24.4 Å². The van der Waals surface area contributed by atoms with Gasteiger partial charge in [-0.1, -0.05) is 12.1 Å². The monoisotopic (exact) mass is 273 g/mol. The number of fused-ring (bicyclic) bond motifs is 1. The zero-order chi connectivity index (χ0) is 13.6. The second-order valence-corrected chi connectivity index (χ2v) is 4.36. The zero-order valence-corrected chi connectivity index (χ0v) is 10.3. The molecular weight excluding hydrogens is 266 g/mol. The van der Waals surface area contributed by atoms with Crippen LogP contribution >= 0.6 is 12.2 Å². The number of hydrogen-bond acceptors (Lipinski definition) is 4. The van der Waals surface area contributed by atoms with E-state index in [-0.39, 0.29) is 21.6 Å². The Balaban J connectivity index is 2.19. The average molecular weight is 273 g/mol. The number of anilines is 1. The number of nitrogens with one attached hydrogen (secondary N) is 2. The number of imide groups is 1. The lowest BCUT2D eigenvalue weighted by Crippen LogP contribution is -2.34. The number of carbonyl (C=O) groups is 2. The van der Waals surface area contributed by atoms with Crippen molar-refractivity contribution in [2.45, 2.75) is 0 Å². The highest BCUT2D eigenvalue weighted by Crippen LogP contribution is 2.25. The molecule has 2 N–H and O–H groups in total. The Kier molecular flexibility index (Phi) is 2.42. The minimum atomic E-state index is -0.585. The molecule has 1 aromatic carbocycles. The Bertz CT molecular complexity index is 786. The fourth-order valence-electron chi connectivity index (χ4n) is 1.98. The standard InChI is InChI=1S/C12H7N3O3S/c16-9-8(5-13-12(19)14-9)15-10(17)6-3-1-2-4-7(6)11(15)18/h1-5H,(H2,13,14,16,19). The quantitative estimate of drug-likeness (QED) is 0.604. The van der Waals surface area contributed by atoms with Gasteiger partial charge in [-0.15, -0.1) is 0 Å². The van der Waals surface area contributed by atoms with Crippen molar-refractivity contribution >= 4 is 29.7 Å². The lowest BCUT2D eigenvalue weighted by Gasteiger charge is -2.11. The molecule has 19 heavy (non-hydrogen) atoms. The van der Waals surface area contributed by atoms with Crippen molar-refractivity contribution in [1.29, 1.82) is 0 Å². The predicted octanol–water partition coefficient (Wildman–Crippen LogP) is 1.23. The highest BCUT2D eigenvalue weighted by Gasteiger charge is 2.37. The number of aromatic amines is 2. The number of nitrogens with zero attached hydrogens (tertiary/aromatic N) is 1. The van der Waals surface area contributed by atoms with Crippen LogP contribution in [0.5, 0.6) is 0 Å². The molecule has 7 heteroatoms. The van der Waals surface area contributed by atoms with Crippen LogP contribution in [-0.4, -0.2) is 21.8 Å². The number of carbonyl (C=O) groups excluding carboxylic acids is 2. The first-order valence-corrected chi connectivity index (χ1v) is 5.80. The first-order valence-electron chi connectivity index (χ1n) is 5.39. The van der Waals surface area contributed by atoms with Gasteiger partial charge in [-0.25, -0.2) is 4.90 Å². The summed E-state index contributed by atoms with van der Waals surface area (Å²) in [4.78, 5) is 41.9. The van der Waals surface area contributed by atoms with Crippen molar-refractivity contribution in [2.24, 2.45) is 0 Å². The highest BCUT2D eigenvalue weighted by atomic mass is 32.1. The first kappa shape index (κ1) is 11.5. The Morgan fingerprint density at radius 2 is 1.58 bits per heavy atom. The summed E-state index contributed by atoms with van der Waals surface area (Å²) in [5.41, 5.74) is -0.0817. The molecule has 0 atom stereocenters. The van der Waals surface area contributed by atoms with Crippen LogP contribution < -0.4 is 10.5 Å². The van der Waals surface area contributed by atoms with E-state index in [2.05, 4.69) is 9.97 Å². The largest absolute Gasteiger partial charge is 0.337 e. The van der Waals surface area contributed by atoms with Gasteiger partial charge >= 0.3 is 0 Å². The summed E-state index contributed by atoms with van der Waals surface area (Å²) in [6.07, 6.45) is 1.25. The fraction of sp³-hybridized carbons (Fsp3) is 0. The maximum atomic E-state index is 12.2. The summed E-state index contributed by atoms with van der Waals surface area (Å²) in [6.45, 7) is 0. The minimum absolute atomic E-state index is 0.0696. The smallest absolute Gasteiger partial charge is 0.276 e. The van der Waals surface area contributed by atoms with Gasteiger partial charge < -0.3 is 4.98 Å². The van der Waals surface area contributed by atoms with Crippen molar-refractivity contribution in [3.63, 3.8) is 0 Å². The fourth-order valence-corrected chi connectivity index (χ4v) is 2.13. The lowest BCUT2D eigenvalue weighted by atomic mass is 10.1. The molecule has 0 bridgehead atoms. The van der Waals surface area contributed by atoms with Gasteiger partial charge in [-0.3, -0.25) is 19.4 Å². The Morgan fingerprint density at radius 3 is 2.11 bits per heavy atom. The molecule has 1 aliphatic heterocycles. The topological polar surface area (TPSA) is 86.0 Å². The molecule has 2 heterocycles. The molecule has 2 amide bonds. The molecule has 0 fully saturated rings. The third-order valence-corrected chi connectivity index (χ3v) is 3.05. The number of benzene rings is 1. The lowest BCUT2D eigenvalue weighted by molar-refractivity contribution is 0.0925. The summed E-state index contributed by atoms with van der Waals surface area (Å²) >= 11 is 4.76. The van der Waals surface area contributed by atoms with Crippen LogP contribution in [0.3, 0.4) is 0 Å². The van der Waals surface area contributed by atoms with Gasteiger partial charge in [0.1, 0.15) is 5.69 Å². The van der Waals surface area contributed by atoms with Gasteiger partial charge in [0.15, 0.2) is 4.77 Å². The number of hydrogen-bond donors (Lipinski definition) is 2. The van der Waals surface area contributed by atoms with Crippen LogP contribution in [0.15, 0.2) is 35.3 Å². The van der Waals surface area contributed by atoms with E-state index in [0.717, 1.165) is 4.90 Å². The average Bonchev–Trinajstić information content (AvgIpc) is 2.64. The highest BCUT2D eigenvalue weighted by molar-refractivity contribution is 7.71. The van der Waals surface area contributed by atoms with Crippen molar-refractivity contribution in [3.05, 3.63) is 56.7 Å². The van der Waals surface area contributed by atoms with Crippen LogP contribution in [0.1, 0.15) is 20.7 Å². The Hall–Kier alpha value is -2.54. The number of aromatic nitrogens is 2. The summed E-state index contributed by atoms with van der Waals surface area (Å²) in [6, 6.07) is 6.43. The molecule has 6 nitrogen and oxygen atoms in total. The molecule has 1 aromatic heterocycles. The van der Waals surface area contributed by atoms with E-state index >= 15 is 0 Å². The van der Waals surface area contributed by atoms with Crippen LogP contribution in [0.25, 0.3) is 0 Å². The number of amides is 2. The van der Waals surface area contributed by atoms with Crippen LogP contribution in [0.2, 0.25) is 0 Å². The molecule has 0 saturated carbocycles. The van der Waals surface area contributed by atoms with Crippen molar-refractivity contribution in [1.82, 2.24) is 9.97 Å².